The van der Waals surface area contributed by atoms with Crippen LogP contribution in [0.5, 0.6) is 0 Å². The molecule has 1 fully saturated rings. The van der Waals surface area contributed by atoms with E-state index >= 15 is 0 Å². The van der Waals surface area contributed by atoms with E-state index in [1.165, 1.54) is 0 Å². The molecule has 2 atom stereocenters. The van der Waals surface area contributed by atoms with E-state index in [1.807, 2.05) is 44.2 Å². The minimum atomic E-state index is -0.841. The maximum Gasteiger partial charge on any atom is 0.308 e. The van der Waals surface area contributed by atoms with Gasteiger partial charge in [-0.2, -0.15) is 0 Å². The van der Waals surface area contributed by atoms with E-state index in [1.54, 1.807) is 12.3 Å². The zero-order valence-corrected chi connectivity index (χ0v) is 15.2. The fourth-order valence-corrected chi connectivity index (χ4v) is 3.89. The number of aliphatic carboxylic acids is 1. The number of aromatic nitrogens is 1. The SMILES string of the molecule is Cc1c(C(=O)NC2(C)CCCCC2C(=O)O)cccc1-c1ccccn1. The minimum absolute atomic E-state index is 0.226. The number of amides is 1. The average molecular weight is 352 g/mol. The fraction of sp³-hybridized carbons (Fsp3) is 0.381. The lowest BCUT2D eigenvalue weighted by Crippen LogP contribution is -2.55. The number of carboxylic acids is 1. The minimum Gasteiger partial charge on any atom is -0.481 e. The van der Waals surface area contributed by atoms with E-state index in [2.05, 4.69) is 10.3 Å². The van der Waals surface area contributed by atoms with Crippen LogP contribution >= 0.6 is 0 Å². The molecule has 1 amide bonds. The number of hydrogen-bond acceptors (Lipinski definition) is 3. The molecular formula is C21H24N2O3. The van der Waals surface area contributed by atoms with Gasteiger partial charge in [-0.15, -0.1) is 0 Å². The Morgan fingerprint density at radius 1 is 1.19 bits per heavy atom. The molecule has 2 unspecified atom stereocenters. The molecule has 0 bridgehead atoms. The highest BCUT2D eigenvalue weighted by Gasteiger charge is 2.42. The fourth-order valence-electron chi connectivity index (χ4n) is 3.89. The molecule has 5 nitrogen and oxygen atoms in total. The first-order valence-electron chi connectivity index (χ1n) is 8.99. The van der Waals surface area contributed by atoms with Crippen molar-refractivity contribution in [3.8, 4) is 11.3 Å². The Bertz CT molecular complexity index is 819. The summed E-state index contributed by atoms with van der Waals surface area (Å²) in [7, 11) is 0. The number of hydrogen-bond donors (Lipinski definition) is 2. The first-order chi connectivity index (χ1) is 12.4. The summed E-state index contributed by atoms with van der Waals surface area (Å²) >= 11 is 0. The molecule has 26 heavy (non-hydrogen) atoms. The quantitative estimate of drug-likeness (QED) is 0.877. The normalized spacial score (nSPS) is 22.6. The summed E-state index contributed by atoms with van der Waals surface area (Å²) < 4.78 is 0. The first-order valence-corrected chi connectivity index (χ1v) is 8.99. The molecule has 1 aromatic carbocycles. The molecular weight excluding hydrogens is 328 g/mol. The van der Waals surface area contributed by atoms with Crippen molar-refractivity contribution in [2.24, 2.45) is 5.92 Å². The summed E-state index contributed by atoms with van der Waals surface area (Å²) in [5, 5.41) is 12.6. The second-order valence-corrected chi connectivity index (χ2v) is 7.20. The first kappa shape index (κ1) is 18.1. The Balaban J connectivity index is 1.90. The summed E-state index contributed by atoms with van der Waals surface area (Å²) in [6.45, 7) is 3.75. The van der Waals surface area contributed by atoms with Crippen molar-refractivity contribution in [3.63, 3.8) is 0 Å². The molecule has 0 spiro atoms. The Morgan fingerprint density at radius 2 is 2.00 bits per heavy atom. The molecule has 1 saturated carbocycles. The Kier molecular flexibility index (Phi) is 5.07. The van der Waals surface area contributed by atoms with Crippen LogP contribution in [0, 0.1) is 12.8 Å². The van der Waals surface area contributed by atoms with Gasteiger partial charge in [0.05, 0.1) is 17.2 Å². The zero-order valence-electron chi connectivity index (χ0n) is 15.2. The third kappa shape index (κ3) is 3.47. The number of nitrogens with one attached hydrogen (secondary N) is 1. The molecule has 1 aromatic heterocycles. The lowest BCUT2D eigenvalue weighted by molar-refractivity contribution is -0.145. The van der Waals surface area contributed by atoms with Crippen molar-refractivity contribution in [1.29, 1.82) is 0 Å². The highest BCUT2D eigenvalue weighted by molar-refractivity contribution is 5.98. The van der Waals surface area contributed by atoms with Crippen molar-refractivity contribution < 1.29 is 14.7 Å². The molecule has 2 N–H and O–H groups in total. The maximum atomic E-state index is 13.0. The van der Waals surface area contributed by atoms with Gasteiger partial charge in [0, 0.05) is 17.3 Å². The Hall–Kier alpha value is -2.69. The van der Waals surface area contributed by atoms with E-state index in [-0.39, 0.29) is 5.91 Å². The van der Waals surface area contributed by atoms with Gasteiger partial charge in [-0.3, -0.25) is 14.6 Å². The third-order valence-electron chi connectivity index (χ3n) is 5.42. The monoisotopic (exact) mass is 352 g/mol. The lowest BCUT2D eigenvalue weighted by Gasteiger charge is -2.40. The largest absolute Gasteiger partial charge is 0.481 e. The van der Waals surface area contributed by atoms with Crippen LogP contribution in [-0.2, 0) is 4.79 Å². The zero-order chi connectivity index (χ0) is 18.7. The van der Waals surface area contributed by atoms with Gasteiger partial charge < -0.3 is 10.4 Å². The van der Waals surface area contributed by atoms with Crippen molar-refractivity contribution in [1.82, 2.24) is 10.3 Å². The predicted octanol–water partition coefficient (Wildman–Crippen LogP) is 3.82. The molecule has 136 valence electrons. The van der Waals surface area contributed by atoms with Crippen molar-refractivity contribution >= 4 is 11.9 Å². The van der Waals surface area contributed by atoms with Crippen molar-refractivity contribution in [2.75, 3.05) is 0 Å². The summed E-state index contributed by atoms with van der Waals surface area (Å²) in [5.74, 6) is -1.62. The van der Waals surface area contributed by atoms with Crippen LogP contribution in [0.1, 0.15) is 48.5 Å². The van der Waals surface area contributed by atoms with Crippen molar-refractivity contribution in [2.45, 2.75) is 45.1 Å². The maximum absolute atomic E-state index is 13.0. The lowest BCUT2D eigenvalue weighted by atomic mass is 9.73. The number of benzene rings is 1. The molecule has 0 saturated heterocycles. The van der Waals surface area contributed by atoms with Crippen LogP contribution in [0.2, 0.25) is 0 Å². The van der Waals surface area contributed by atoms with Crippen LogP contribution in [-0.4, -0.2) is 27.5 Å². The molecule has 1 aliphatic rings. The Morgan fingerprint density at radius 3 is 2.69 bits per heavy atom. The number of nitrogens with zero attached hydrogens (tertiary/aromatic N) is 1. The van der Waals surface area contributed by atoms with Gasteiger partial charge in [-0.25, -0.2) is 0 Å². The smallest absolute Gasteiger partial charge is 0.308 e. The molecule has 1 aliphatic carbocycles. The molecule has 1 heterocycles. The van der Waals surface area contributed by atoms with Gasteiger partial charge >= 0.3 is 5.97 Å². The molecule has 5 heteroatoms. The van der Waals surface area contributed by atoms with Gasteiger partial charge in [-0.1, -0.05) is 31.0 Å². The van der Waals surface area contributed by atoms with E-state index in [0.717, 1.165) is 29.7 Å². The van der Waals surface area contributed by atoms with Crippen LogP contribution < -0.4 is 5.32 Å². The van der Waals surface area contributed by atoms with Crippen LogP contribution in [0.4, 0.5) is 0 Å². The Labute approximate surface area is 153 Å². The summed E-state index contributed by atoms with van der Waals surface area (Å²) in [6, 6.07) is 11.2. The summed E-state index contributed by atoms with van der Waals surface area (Å²) in [4.78, 5) is 29.0. The highest BCUT2D eigenvalue weighted by Crippen LogP contribution is 2.34. The van der Waals surface area contributed by atoms with Gasteiger partial charge in [0.2, 0.25) is 0 Å². The molecule has 0 radical (unpaired) electrons. The highest BCUT2D eigenvalue weighted by atomic mass is 16.4. The summed E-state index contributed by atoms with van der Waals surface area (Å²) in [6.07, 6.45) is 4.81. The number of pyridine rings is 1. The van der Waals surface area contributed by atoms with Crippen LogP contribution in [0.3, 0.4) is 0 Å². The molecule has 3 rings (SSSR count). The van der Waals surface area contributed by atoms with Gasteiger partial charge in [0.1, 0.15) is 0 Å². The predicted molar refractivity (Wildman–Crippen MR) is 99.9 cm³/mol. The molecule has 0 aliphatic heterocycles. The van der Waals surface area contributed by atoms with Crippen molar-refractivity contribution in [3.05, 3.63) is 53.7 Å². The van der Waals surface area contributed by atoms with Gasteiger partial charge in [-0.05, 0) is 50.5 Å². The van der Waals surface area contributed by atoms with E-state index in [0.29, 0.717) is 18.4 Å². The second-order valence-electron chi connectivity index (χ2n) is 7.20. The van der Waals surface area contributed by atoms with E-state index < -0.39 is 17.4 Å². The van der Waals surface area contributed by atoms with E-state index in [4.69, 9.17) is 0 Å². The van der Waals surface area contributed by atoms with Gasteiger partial charge in [0.15, 0.2) is 0 Å². The number of carboxylic acid groups (broad SMARTS) is 1. The van der Waals surface area contributed by atoms with Crippen LogP contribution in [0.15, 0.2) is 42.6 Å². The topological polar surface area (TPSA) is 79.3 Å². The molecule has 2 aromatic rings. The number of carbonyl (C=O) groups is 2. The van der Waals surface area contributed by atoms with Crippen LogP contribution in [0.25, 0.3) is 11.3 Å². The summed E-state index contributed by atoms with van der Waals surface area (Å²) in [5.41, 5.74) is 2.39. The standard InChI is InChI=1S/C21H24N2O3/c1-14-15(18-11-4-6-13-22-18)8-7-9-16(14)19(24)23-21(2)12-5-3-10-17(21)20(25)26/h4,6-9,11,13,17H,3,5,10,12H2,1-2H3,(H,23,24)(H,25,26). The number of rotatable bonds is 4. The second kappa shape index (κ2) is 7.28. The third-order valence-corrected chi connectivity index (χ3v) is 5.42. The van der Waals surface area contributed by atoms with E-state index in [9.17, 15) is 14.7 Å². The average Bonchev–Trinajstić information content (AvgIpc) is 2.62. The van der Waals surface area contributed by atoms with Gasteiger partial charge in [0.25, 0.3) is 5.91 Å². The number of carbonyl (C=O) groups excluding carboxylic acids is 1.